The molecule has 0 saturated heterocycles. The molecule has 0 spiro atoms. The standard InChI is InChI=1S/C16H18N4O.ClH/c17-14-7-13(14)12-5-6-15(20-9-12)19-8-10-1-3-11(4-2-10)16(18)21;/h1-6,9,13-14H,7-8,17H2,(H2,18,21)(H,19,20);1H/t13-,14+;/m1./s1. The summed E-state index contributed by atoms with van der Waals surface area (Å²) in [5.74, 6) is 0.893. The number of nitrogens with two attached hydrogens (primary N) is 2. The Balaban J connectivity index is 0.00000176. The number of nitrogens with one attached hydrogen (secondary N) is 1. The van der Waals surface area contributed by atoms with Crippen molar-refractivity contribution in [3.63, 3.8) is 0 Å². The molecule has 6 heteroatoms. The maximum atomic E-state index is 11.0. The molecule has 0 aliphatic heterocycles. The molecule has 0 bridgehead atoms. The number of carbonyl (C=O) groups excluding carboxylic acids is 1. The van der Waals surface area contributed by atoms with Gasteiger partial charge in [0.05, 0.1) is 0 Å². The van der Waals surface area contributed by atoms with E-state index in [2.05, 4.69) is 16.4 Å². The van der Waals surface area contributed by atoms with Crippen LogP contribution in [0.2, 0.25) is 0 Å². The smallest absolute Gasteiger partial charge is 0.248 e. The summed E-state index contributed by atoms with van der Waals surface area (Å²) in [6.45, 7) is 0.647. The SMILES string of the molecule is Cl.NC(=O)c1ccc(CNc2ccc([C@H]3C[C@@H]3N)cn2)cc1. The monoisotopic (exact) mass is 318 g/mol. The molecule has 1 heterocycles. The van der Waals surface area contributed by atoms with Crippen molar-refractivity contribution in [2.24, 2.45) is 11.5 Å². The fourth-order valence-electron chi connectivity index (χ4n) is 2.31. The summed E-state index contributed by atoms with van der Waals surface area (Å²) in [7, 11) is 0. The van der Waals surface area contributed by atoms with E-state index >= 15 is 0 Å². The highest BCUT2D eigenvalue weighted by atomic mass is 35.5. The van der Waals surface area contributed by atoms with Crippen molar-refractivity contribution in [1.82, 2.24) is 4.98 Å². The summed E-state index contributed by atoms with van der Waals surface area (Å²) < 4.78 is 0. The summed E-state index contributed by atoms with van der Waals surface area (Å²) in [5.41, 5.74) is 13.8. The minimum Gasteiger partial charge on any atom is -0.366 e. The van der Waals surface area contributed by atoms with E-state index in [-0.39, 0.29) is 12.4 Å². The topological polar surface area (TPSA) is 94.0 Å². The molecule has 2 atom stereocenters. The van der Waals surface area contributed by atoms with E-state index in [1.54, 1.807) is 12.1 Å². The number of halogens is 1. The highest BCUT2D eigenvalue weighted by Crippen LogP contribution is 2.38. The van der Waals surface area contributed by atoms with E-state index in [0.29, 0.717) is 24.1 Å². The second-order valence-corrected chi connectivity index (χ2v) is 5.40. The van der Waals surface area contributed by atoms with Gasteiger partial charge >= 0.3 is 0 Å². The molecule has 22 heavy (non-hydrogen) atoms. The molecule has 2 aromatic rings. The van der Waals surface area contributed by atoms with Crippen molar-refractivity contribution < 1.29 is 4.79 Å². The van der Waals surface area contributed by atoms with Gasteiger partial charge in [-0.15, -0.1) is 12.4 Å². The molecular weight excluding hydrogens is 300 g/mol. The van der Waals surface area contributed by atoms with Crippen LogP contribution in [-0.2, 0) is 6.54 Å². The molecule has 3 rings (SSSR count). The third kappa shape index (κ3) is 3.75. The summed E-state index contributed by atoms with van der Waals surface area (Å²) in [6.07, 6.45) is 2.94. The van der Waals surface area contributed by atoms with Crippen molar-refractivity contribution in [2.75, 3.05) is 5.32 Å². The van der Waals surface area contributed by atoms with Crippen LogP contribution in [0.15, 0.2) is 42.6 Å². The summed E-state index contributed by atoms with van der Waals surface area (Å²) >= 11 is 0. The molecule has 5 N–H and O–H groups in total. The highest BCUT2D eigenvalue weighted by Gasteiger charge is 2.34. The molecule has 0 unspecified atom stereocenters. The fraction of sp³-hybridized carbons (Fsp3) is 0.250. The van der Waals surface area contributed by atoms with Crippen LogP contribution >= 0.6 is 12.4 Å². The fourth-order valence-corrected chi connectivity index (χ4v) is 2.31. The van der Waals surface area contributed by atoms with E-state index in [1.165, 1.54) is 5.56 Å². The Morgan fingerprint density at radius 3 is 2.41 bits per heavy atom. The predicted molar refractivity (Wildman–Crippen MR) is 89.1 cm³/mol. The number of benzene rings is 1. The van der Waals surface area contributed by atoms with Crippen LogP contribution in [0, 0.1) is 0 Å². The van der Waals surface area contributed by atoms with Crippen LogP contribution in [0.4, 0.5) is 5.82 Å². The average Bonchev–Trinajstić information content (AvgIpc) is 3.23. The summed E-state index contributed by atoms with van der Waals surface area (Å²) in [4.78, 5) is 15.4. The number of amides is 1. The molecule has 1 aliphatic rings. The Labute approximate surface area is 135 Å². The lowest BCUT2D eigenvalue weighted by Gasteiger charge is -2.07. The predicted octanol–water partition coefficient (Wildman–Crippen LogP) is 2.03. The molecule has 1 saturated carbocycles. The lowest BCUT2D eigenvalue weighted by atomic mass is 10.1. The zero-order valence-electron chi connectivity index (χ0n) is 12.0. The number of carbonyl (C=O) groups is 1. The van der Waals surface area contributed by atoms with E-state index in [0.717, 1.165) is 17.8 Å². The summed E-state index contributed by atoms with van der Waals surface area (Å²) in [6, 6.07) is 11.6. The van der Waals surface area contributed by atoms with Crippen molar-refractivity contribution in [3.05, 3.63) is 59.3 Å². The highest BCUT2D eigenvalue weighted by molar-refractivity contribution is 5.92. The number of rotatable bonds is 5. The lowest BCUT2D eigenvalue weighted by molar-refractivity contribution is 0.100. The van der Waals surface area contributed by atoms with Gasteiger partial charge in [0.15, 0.2) is 0 Å². The van der Waals surface area contributed by atoms with Gasteiger partial charge in [0, 0.05) is 30.3 Å². The second kappa shape index (κ2) is 6.77. The minimum atomic E-state index is -0.412. The second-order valence-electron chi connectivity index (χ2n) is 5.40. The van der Waals surface area contributed by atoms with Crippen LogP contribution in [-0.4, -0.2) is 16.9 Å². The molecular formula is C16H19ClN4O. The molecule has 116 valence electrons. The quantitative estimate of drug-likeness (QED) is 0.786. The van der Waals surface area contributed by atoms with E-state index in [9.17, 15) is 4.79 Å². The first kappa shape index (κ1) is 16.3. The average molecular weight is 319 g/mol. The van der Waals surface area contributed by atoms with Gasteiger partial charge < -0.3 is 16.8 Å². The van der Waals surface area contributed by atoms with Gasteiger partial charge in [-0.3, -0.25) is 4.79 Å². The number of hydrogen-bond acceptors (Lipinski definition) is 4. The van der Waals surface area contributed by atoms with Gasteiger partial charge in [-0.25, -0.2) is 4.98 Å². The number of hydrogen-bond donors (Lipinski definition) is 3. The van der Waals surface area contributed by atoms with Crippen LogP contribution in [0.3, 0.4) is 0 Å². The van der Waals surface area contributed by atoms with Gasteiger partial charge in [-0.1, -0.05) is 18.2 Å². The minimum absolute atomic E-state index is 0. The molecule has 5 nitrogen and oxygen atoms in total. The largest absolute Gasteiger partial charge is 0.366 e. The van der Waals surface area contributed by atoms with Crippen molar-refractivity contribution in [1.29, 1.82) is 0 Å². The number of primary amides is 1. The first-order chi connectivity index (χ1) is 10.1. The van der Waals surface area contributed by atoms with Crippen molar-refractivity contribution in [2.45, 2.75) is 24.9 Å². The van der Waals surface area contributed by atoms with Gasteiger partial charge in [0.2, 0.25) is 5.91 Å². The third-order valence-corrected chi connectivity index (χ3v) is 3.77. The van der Waals surface area contributed by atoms with Crippen LogP contribution in [0.25, 0.3) is 0 Å². The molecule has 1 aromatic carbocycles. The van der Waals surface area contributed by atoms with Gasteiger partial charge in [0.1, 0.15) is 5.82 Å². The Kier molecular flexibility index (Phi) is 5.00. The van der Waals surface area contributed by atoms with Gasteiger partial charge in [-0.2, -0.15) is 0 Å². The number of nitrogens with zero attached hydrogens (tertiary/aromatic N) is 1. The maximum Gasteiger partial charge on any atom is 0.248 e. The van der Waals surface area contributed by atoms with Gasteiger partial charge in [-0.05, 0) is 35.7 Å². The van der Waals surface area contributed by atoms with Gasteiger partial charge in [0.25, 0.3) is 0 Å². The Bertz CT molecular complexity index is 642. The maximum absolute atomic E-state index is 11.0. The number of pyridine rings is 1. The molecule has 1 amide bonds. The normalized spacial score (nSPS) is 19.1. The Hall–Kier alpha value is -2.11. The Morgan fingerprint density at radius 2 is 1.91 bits per heavy atom. The Morgan fingerprint density at radius 1 is 1.23 bits per heavy atom. The number of anilines is 1. The van der Waals surface area contributed by atoms with E-state index in [4.69, 9.17) is 11.5 Å². The summed E-state index contributed by atoms with van der Waals surface area (Å²) in [5, 5.41) is 3.25. The number of aromatic nitrogens is 1. The lowest BCUT2D eigenvalue weighted by Crippen LogP contribution is -2.10. The molecule has 1 aliphatic carbocycles. The molecule has 1 fully saturated rings. The molecule has 0 radical (unpaired) electrons. The first-order valence-corrected chi connectivity index (χ1v) is 6.97. The van der Waals surface area contributed by atoms with Crippen LogP contribution in [0.1, 0.15) is 33.8 Å². The zero-order chi connectivity index (χ0) is 14.8. The van der Waals surface area contributed by atoms with Crippen molar-refractivity contribution >= 4 is 24.1 Å². The zero-order valence-corrected chi connectivity index (χ0v) is 12.8. The first-order valence-electron chi connectivity index (χ1n) is 6.97. The van der Waals surface area contributed by atoms with E-state index < -0.39 is 5.91 Å². The van der Waals surface area contributed by atoms with Crippen LogP contribution in [0.5, 0.6) is 0 Å². The molecule has 1 aromatic heterocycles. The third-order valence-electron chi connectivity index (χ3n) is 3.77. The van der Waals surface area contributed by atoms with Crippen molar-refractivity contribution in [3.8, 4) is 0 Å². The van der Waals surface area contributed by atoms with Crippen LogP contribution < -0.4 is 16.8 Å². The van der Waals surface area contributed by atoms with E-state index in [1.807, 2.05) is 24.4 Å².